The summed E-state index contributed by atoms with van der Waals surface area (Å²) in [5, 5.41) is 34.2. The fourth-order valence-electron chi connectivity index (χ4n) is 4.04. The van der Waals surface area contributed by atoms with Gasteiger partial charge in [0, 0.05) is 24.7 Å². The summed E-state index contributed by atoms with van der Waals surface area (Å²) in [5.41, 5.74) is 5.05. The van der Waals surface area contributed by atoms with Crippen LogP contribution in [0.5, 0.6) is 0 Å². The van der Waals surface area contributed by atoms with Gasteiger partial charge < -0.3 is 26.0 Å². The Hall–Kier alpha value is -2.82. The van der Waals surface area contributed by atoms with Crippen molar-refractivity contribution < 1.29 is 15.3 Å². The second kappa shape index (κ2) is 14.7. The Labute approximate surface area is 245 Å². The van der Waals surface area contributed by atoms with Crippen molar-refractivity contribution in [3.8, 4) is 10.6 Å². The maximum absolute atomic E-state index is 9.58. The molecule has 4 aromatic rings. The number of benzene rings is 2. The highest BCUT2D eigenvalue weighted by atomic mass is 35.5. The van der Waals surface area contributed by atoms with Crippen molar-refractivity contribution in [3.05, 3.63) is 64.3 Å². The van der Waals surface area contributed by atoms with Gasteiger partial charge in [-0.2, -0.15) is 4.98 Å². The first-order valence-corrected chi connectivity index (χ1v) is 14.8. The van der Waals surface area contributed by atoms with Gasteiger partial charge in [-0.25, -0.2) is 9.97 Å². The van der Waals surface area contributed by atoms with Crippen LogP contribution in [-0.4, -0.2) is 49.2 Å². The first-order valence-electron chi connectivity index (χ1n) is 13.6. The number of para-hydroxylation sites is 1. The molecule has 0 amide bonds. The minimum Gasteiger partial charge on any atom is -0.396 e. The molecule has 2 aromatic carbocycles. The van der Waals surface area contributed by atoms with Crippen LogP contribution in [0.4, 0.5) is 11.8 Å². The molecule has 0 aliphatic carbocycles. The lowest BCUT2D eigenvalue weighted by molar-refractivity contribution is -0.127. The Kier molecular flexibility index (Phi) is 11.7. The Morgan fingerprint density at radius 1 is 1.00 bits per heavy atom. The minimum absolute atomic E-state index is 0.192. The number of halogens is 1. The van der Waals surface area contributed by atoms with Gasteiger partial charge in [0.2, 0.25) is 5.95 Å². The van der Waals surface area contributed by atoms with Crippen molar-refractivity contribution in [1.29, 1.82) is 0 Å². The standard InChI is InChI=1S/C27H32ClN5OS.C3H8O2/c1-4-18(16-34)10-11-29-25-24(26-32-22-8-6-7-9-23(22)35-26)17(3)31-27(33-25)30-15-20-12-19(5-2)13-21(28)14-20;1-3(2,4)5/h6-9,12-14,18,34H,4-5,10-11,15-16H2,1-3H3,(H2,29,30,31,33);4-5H,1-2H3. The van der Waals surface area contributed by atoms with E-state index in [1.54, 1.807) is 11.3 Å². The summed E-state index contributed by atoms with van der Waals surface area (Å²) in [6.07, 6.45) is 2.74. The molecule has 5 N–H and O–H groups in total. The van der Waals surface area contributed by atoms with Gasteiger partial charge in [-0.05, 0) is 74.9 Å². The SMILES string of the molecule is CC(C)(O)O.CCc1cc(Cl)cc(CNc2nc(C)c(-c3nc4ccccc4s3)c(NCCC(CC)CO)n2)c1. The molecule has 0 aliphatic heterocycles. The molecule has 0 saturated carbocycles. The summed E-state index contributed by atoms with van der Waals surface area (Å²) < 4.78 is 1.13. The van der Waals surface area contributed by atoms with Crippen LogP contribution in [-0.2, 0) is 13.0 Å². The molecule has 0 saturated heterocycles. The number of fused-ring (bicyclic) bond motifs is 1. The van der Waals surface area contributed by atoms with E-state index in [0.717, 1.165) is 62.1 Å². The molecule has 0 spiro atoms. The lowest BCUT2D eigenvalue weighted by Gasteiger charge is -2.16. The normalized spacial score (nSPS) is 12.1. The van der Waals surface area contributed by atoms with Crippen molar-refractivity contribution >= 4 is 44.9 Å². The van der Waals surface area contributed by atoms with Gasteiger partial charge >= 0.3 is 0 Å². The Bertz CT molecular complexity index is 1350. The van der Waals surface area contributed by atoms with E-state index in [4.69, 9.17) is 36.8 Å². The van der Waals surface area contributed by atoms with E-state index in [1.165, 1.54) is 19.4 Å². The van der Waals surface area contributed by atoms with E-state index < -0.39 is 5.79 Å². The number of aliphatic hydroxyl groups is 3. The molecular formula is C30H40ClN5O3S. The van der Waals surface area contributed by atoms with E-state index in [1.807, 2.05) is 37.3 Å². The van der Waals surface area contributed by atoms with Gasteiger partial charge in [-0.1, -0.05) is 50.1 Å². The third-order valence-electron chi connectivity index (χ3n) is 6.15. The number of hydrogen-bond donors (Lipinski definition) is 5. The number of nitrogens with one attached hydrogen (secondary N) is 2. The fourth-order valence-corrected chi connectivity index (χ4v) is 5.38. The van der Waals surface area contributed by atoms with Crippen molar-refractivity contribution in [1.82, 2.24) is 15.0 Å². The zero-order chi connectivity index (χ0) is 29.3. The van der Waals surface area contributed by atoms with Gasteiger partial charge in [0.05, 0.1) is 21.5 Å². The van der Waals surface area contributed by atoms with Crippen LogP contribution < -0.4 is 10.6 Å². The Morgan fingerprint density at radius 2 is 1.70 bits per heavy atom. The average molecular weight is 586 g/mol. The lowest BCUT2D eigenvalue weighted by Crippen LogP contribution is -2.15. The smallest absolute Gasteiger partial charge is 0.225 e. The molecule has 216 valence electrons. The molecule has 2 heterocycles. The summed E-state index contributed by atoms with van der Waals surface area (Å²) >= 11 is 7.94. The molecule has 1 unspecified atom stereocenters. The van der Waals surface area contributed by atoms with Crippen molar-refractivity contribution in [3.63, 3.8) is 0 Å². The van der Waals surface area contributed by atoms with E-state index >= 15 is 0 Å². The van der Waals surface area contributed by atoms with E-state index in [2.05, 4.69) is 36.6 Å². The number of hydrogen-bond acceptors (Lipinski definition) is 9. The first kappa shape index (κ1) is 31.7. The van der Waals surface area contributed by atoms with Gasteiger partial charge in [0.25, 0.3) is 0 Å². The largest absolute Gasteiger partial charge is 0.396 e. The highest BCUT2D eigenvalue weighted by Gasteiger charge is 2.18. The maximum Gasteiger partial charge on any atom is 0.225 e. The summed E-state index contributed by atoms with van der Waals surface area (Å²) in [6, 6.07) is 14.3. The summed E-state index contributed by atoms with van der Waals surface area (Å²) in [7, 11) is 0. The Morgan fingerprint density at radius 3 is 2.35 bits per heavy atom. The highest BCUT2D eigenvalue weighted by molar-refractivity contribution is 7.21. The van der Waals surface area contributed by atoms with Gasteiger partial charge in [0.1, 0.15) is 10.8 Å². The second-order valence-corrected chi connectivity index (χ2v) is 11.7. The predicted octanol–water partition coefficient (Wildman–Crippen LogP) is 6.42. The number of aromatic nitrogens is 3. The van der Waals surface area contributed by atoms with E-state index in [0.29, 0.717) is 19.0 Å². The molecule has 4 rings (SSSR count). The molecule has 10 heteroatoms. The summed E-state index contributed by atoms with van der Waals surface area (Å²) in [6.45, 7) is 10.3. The van der Waals surface area contributed by atoms with Crippen LogP contribution >= 0.6 is 22.9 Å². The molecule has 0 radical (unpaired) electrons. The molecule has 1 atom stereocenters. The number of rotatable bonds is 11. The van der Waals surface area contributed by atoms with Crippen molar-refractivity contribution in [2.75, 3.05) is 23.8 Å². The molecule has 0 aliphatic rings. The van der Waals surface area contributed by atoms with Crippen LogP contribution in [0.1, 0.15) is 57.4 Å². The number of thiazole rings is 1. The fraction of sp³-hybridized carbons (Fsp3) is 0.433. The molecule has 8 nitrogen and oxygen atoms in total. The summed E-state index contributed by atoms with van der Waals surface area (Å²) in [5.74, 6) is 0.0822. The van der Waals surface area contributed by atoms with Crippen LogP contribution in [0, 0.1) is 12.8 Å². The van der Waals surface area contributed by atoms with E-state index in [9.17, 15) is 5.11 Å². The quantitative estimate of drug-likeness (QED) is 0.128. The average Bonchev–Trinajstić information content (AvgIpc) is 3.32. The van der Waals surface area contributed by atoms with Crippen molar-refractivity contribution in [2.24, 2.45) is 5.92 Å². The zero-order valence-electron chi connectivity index (χ0n) is 23.8. The topological polar surface area (TPSA) is 123 Å². The van der Waals surface area contributed by atoms with Crippen LogP contribution in [0.25, 0.3) is 20.8 Å². The molecule has 0 fully saturated rings. The third-order valence-corrected chi connectivity index (χ3v) is 7.43. The van der Waals surface area contributed by atoms with Crippen LogP contribution in [0.3, 0.4) is 0 Å². The van der Waals surface area contributed by atoms with Crippen molar-refractivity contribution in [2.45, 2.75) is 66.2 Å². The predicted molar refractivity (Wildman–Crippen MR) is 166 cm³/mol. The maximum atomic E-state index is 9.58. The molecule has 0 bridgehead atoms. The lowest BCUT2D eigenvalue weighted by atomic mass is 10.0. The zero-order valence-corrected chi connectivity index (χ0v) is 25.4. The highest BCUT2D eigenvalue weighted by Crippen LogP contribution is 2.36. The molecule has 40 heavy (non-hydrogen) atoms. The Balaban J connectivity index is 0.000000810. The number of anilines is 2. The monoisotopic (exact) mass is 585 g/mol. The summed E-state index contributed by atoms with van der Waals surface area (Å²) in [4.78, 5) is 14.5. The second-order valence-electron chi connectivity index (χ2n) is 10.2. The molecule has 2 aromatic heterocycles. The first-order chi connectivity index (χ1) is 19.0. The molecular weight excluding hydrogens is 546 g/mol. The van der Waals surface area contributed by atoms with Gasteiger partial charge in [0.15, 0.2) is 5.79 Å². The van der Waals surface area contributed by atoms with Crippen LogP contribution in [0.2, 0.25) is 5.02 Å². The third kappa shape index (κ3) is 9.67. The van der Waals surface area contributed by atoms with Crippen LogP contribution in [0.15, 0.2) is 42.5 Å². The number of nitrogens with zero attached hydrogens (tertiary/aromatic N) is 3. The van der Waals surface area contributed by atoms with E-state index in [-0.39, 0.29) is 12.5 Å². The van der Waals surface area contributed by atoms with Gasteiger partial charge in [-0.3, -0.25) is 0 Å². The number of aryl methyl sites for hydroxylation is 2. The minimum atomic E-state index is -1.50. The number of aliphatic hydroxyl groups excluding tert-OH is 1. The van der Waals surface area contributed by atoms with Gasteiger partial charge in [-0.15, -0.1) is 11.3 Å².